The Bertz CT molecular complexity index is 42.2. The zero-order valence-electron chi connectivity index (χ0n) is 3.08. The molecule has 0 bridgehead atoms. The highest BCUT2D eigenvalue weighted by molar-refractivity contribution is 7.40. The van der Waals surface area contributed by atoms with Crippen LogP contribution in [0.3, 0.4) is 0 Å². The molecule has 3 nitrogen and oxygen atoms in total. The van der Waals surface area contributed by atoms with Crippen molar-refractivity contribution in [2.24, 2.45) is 5.50 Å². The molecule has 0 fully saturated rings. The summed E-state index contributed by atoms with van der Waals surface area (Å²) in [5.74, 6) is 0. The van der Waals surface area contributed by atoms with Crippen LogP contribution in [0.1, 0.15) is 0 Å². The summed E-state index contributed by atoms with van der Waals surface area (Å²) in [4.78, 5) is 0. The molecule has 1 unspecified atom stereocenters. The molecule has 5 heavy (non-hydrogen) atoms. The maximum Gasteiger partial charge on any atom is 0.0730 e. The molecular weight excluding hydrogens is 85.0 g/mol. The standard InChI is InChI=1S/CH8N3P/c1-4-5(2)3/h5H,1H3,(H4,2,3,4). The van der Waals surface area contributed by atoms with E-state index in [4.69, 9.17) is 10.7 Å². The van der Waals surface area contributed by atoms with Crippen LogP contribution in [0.5, 0.6) is 0 Å². The van der Waals surface area contributed by atoms with Crippen molar-refractivity contribution in [2.45, 2.75) is 0 Å². The first-order chi connectivity index (χ1) is 2.27. The number of hydrogen-bond donors (Lipinski definition) is 3. The van der Waals surface area contributed by atoms with Gasteiger partial charge in [0.1, 0.15) is 0 Å². The van der Waals surface area contributed by atoms with Gasteiger partial charge in [-0.3, -0.25) is 15.8 Å². The highest BCUT2D eigenvalue weighted by atomic mass is 31.1. The molecule has 0 heterocycles. The molecule has 0 amide bonds. The van der Waals surface area contributed by atoms with Crippen molar-refractivity contribution in [3.63, 3.8) is 0 Å². The van der Waals surface area contributed by atoms with Gasteiger partial charge in [0.15, 0.2) is 0 Å². The Labute approximate surface area is 31.9 Å². The molecule has 0 aromatic rings. The lowest BCUT2D eigenvalue weighted by molar-refractivity contribution is 1.24. The second kappa shape index (κ2) is 2.39. The van der Waals surface area contributed by atoms with Crippen LogP contribution in [-0.4, -0.2) is 7.05 Å². The fourth-order valence-electron chi connectivity index (χ4n) is 0. The van der Waals surface area contributed by atoms with Crippen LogP contribution < -0.4 is 10.6 Å². The van der Waals surface area contributed by atoms with E-state index in [9.17, 15) is 0 Å². The first-order valence-electron chi connectivity index (χ1n) is 1.29. The molecule has 0 radical (unpaired) electrons. The van der Waals surface area contributed by atoms with Crippen LogP contribution in [0.2, 0.25) is 0 Å². The third kappa shape index (κ3) is 4.15. The van der Waals surface area contributed by atoms with Crippen molar-refractivity contribution < 1.29 is 0 Å². The van der Waals surface area contributed by atoms with Crippen LogP contribution in [0.15, 0.2) is 0 Å². The Hall–Kier alpha value is 0.150. The summed E-state index contributed by atoms with van der Waals surface area (Å²) in [6, 6.07) is 0. The summed E-state index contributed by atoms with van der Waals surface area (Å²) in [5, 5.41) is 9.17. The summed E-state index contributed by atoms with van der Waals surface area (Å²) < 4.78 is 0. The monoisotopic (exact) mass is 93.0 g/mol. The first-order valence-corrected chi connectivity index (χ1v) is 2.87. The van der Waals surface area contributed by atoms with Gasteiger partial charge in [-0.15, -0.1) is 0 Å². The Morgan fingerprint density at radius 2 is 2.20 bits per heavy atom. The van der Waals surface area contributed by atoms with E-state index < -0.39 is 8.01 Å². The third-order valence-corrected chi connectivity index (χ3v) is 0.808. The minimum Gasteiger partial charge on any atom is -0.293 e. The Kier molecular flexibility index (Phi) is 2.46. The Morgan fingerprint density at radius 1 is 2.00 bits per heavy atom. The zero-order chi connectivity index (χ0) is 4.28. The molecule has 32 valence electrons. The molecule has 0 aliphatic rings. The van der Waals surface area contributed by atoms with Crippen molar-refractivity contribution in [2.75, 3.05) is 7.05 Å². The van der Waals surface area contributed by atoms with Gasteiger partial charge in [-0.05, 0) is 7.05 Å². The maximum absolute atomic E-state index is 6.59. The second-order valence-corrected chi connectivity index (χ2v) is 1.99. The van der Waals surface area contributed by atoms with Crippen molar-refractivity contribution >= 4 is 8.01 Å². The normalized spacial score (nSPS) is 14.8. The smallest absolute Gasteiger partial charge is 0.0730 e. The largest absolute Gasteiger partial charge is 0.293 e. The van der Waals surface area contributed by atoms with Crippen molar-refractivity contribution in [1.29, 1.82) is 5.16 Å². The van der Waals surface area contributed by atoms with Crippen molar-refractivity contribution in [3.8, 4) is 0 Å². The SMILES string of the molecule is CN[PH](=N)N. The van der Waals surface area contributed by atoms with E-state index in [-0.39, 0.29) is 0 Å². The molecule has 1 atom stereocenters. The van der Waals surface area contributed by atoms with E-state index >= 15 is 0 Å². The van der Waals surface area contributed by atoms with E-state index in [1.54, 1.807) is 7.05 Å². The molecule has 0 saturated carbocycles. The van der Waals surface area contributed by atoms with Crippen LogP contribution in [-0.2, 0) is 0 Å². The second-order valence-electron chi connectivity index (χ2n) is 0.664. The van der Waals surface area contributed by atoms with Gasteiger partial charge in [0, 0.05) is 0 Å². The molecule has 0 saturated heterocycles. The van der Waals surface area contributed by atoms with Crippen LogP contribution >= 0.6 is 8.01 Å². The fraction of sp³-hybridized carbons (Fsp3) is 1.00. The van der Waals surface area contributed by atoms with Gasteiger partial charge in [-0.25, -0.2) is 0 Å². The Balaban J connectivity index is 2.85. The number of hydrogen-bond acceptors (Lipinski definition) is 1. The Morgan fingerprint density at radius 3 is 2.20 bits per heavy atom. The van der Waals surface area contributed by atoms with Crippen LogP contribution in [0, 0.1) is 5.16 Å². The molecular formula is CH8N3P. The van der Waals surface area contributed by atoms with Crippen molar-refractivity contribution in [1.82, 2.24) is 5.09 Å². The van der Waals surface area contributed by atoms with Gasteiger partial charge in [0.05, 0.1) is 8.01 Å². The summed E-state index contributed by atoms with van der Waals surface area (Å²) in [6.45, 7) is 0. The molecule has 0 rings (SSSR count). The molecule has 0 aromatic carbocycles. The predicted octanol–water partition coefficient (Wildman–Crippen LogP) is -0.0289. The minimum absolute atomic E-state index is 1.37. The maximum atomic E-state index is 6.59. The summed E-state index contributed by atoms with van der Waals surface area (Å²) in [6.07, 6.45) is 0. The summed E-state index contributed by atoms with van der Waals surface area (Å²) in [7, 11) is 0.308. The molecule has 0 spiro atoms. The lowest BCUT2D eigenvalue weighted by Crippen LogP contribution is -1.95. The van der Waals surface area contributed by atoms with Gasteiger partial charge < -0.3 is 0 Å². The summed E-state index contributed by atoms with van der Waals surface area (Å²) in [5.41, 5.74) is 4.95. The number of rotatable bonds is 1. The molecule has 0 aliphatic carbocycles. The molecule has 0 aromatic heterocycles. The lowest BCUT2D eigenvalue weighted by Gasteiger charge is -1.85. The third-order valence-electron chi connectivity index (χ3n) is 0.269. The van der Waals surface area contributed by atoms with Crippen molar-refractivity contribution in [3.05, 3.63) is 0 Å². The molecule has 0 aliphatic heterocycles. The number of nitrogens with one attached hydrogen (secondary N) is 2. The van der Waals surface area contributed by atoms with E-state index in [0.29, 0.717) is 0 Å². The van der Waals surface area contributed by atoms with Gasteiger partial charge in [-0.2, -0.15) is 0 Å². The number of nitrogens with two attached hydrogens (primary N) is 1. The average Bonchev–Trinajstić information content (AvgIpc) is 1.38. The van der Waals surface area contributed by atoms with Crippen LogP contribution in [0.4, 0.5) is 0 Å². The van der Waals surface area contributed by atoms with Gasteiger partial charge in [0.25, 0.3) is 0 Å². The lowest BCUT2D eigenvalue weighted by atomic mass is 11.6. The van der Waals surface area contributed by atoms with Gasteiger partial charge >= 0.3 is 0 Å². The fourth-order valence-corrected chi connectivity index (χ4v) is 0. The zero-order valence-corrected chi connectivity index (χ0v) is 4.08. The van der Waals surface area contributed by atoms with E-state index in [2.05, 4.69) is 5.09 Å². The van der Waals surface area contributed by atoms with Crippen LogP contribution in [0.25, 0.3) is 0 Å². The minimum atomic E-state index is -1.37. The summed E-state index contributed by atoms with van der Waals surface area (Å²) >= 11 is 0. The highest BCUT2D eigenvalue weighted by Gasteiger charge is 1.63. The molecule has 4 N–H and O–H groups in total. The quantitative estimate of drug-likeness (QED) is 0.398. The first kappa shape index (κ1) is 5.15. The van der Waals surface area contributed by atoms with E-state index in [0.717, 1.165) is 0 Å². The van der Waals surface area contributed by atoms with Gasteiger partial charge in [0.2, 0.25) is 0 Å². The van der Waals surface area contributed by atoms with E-state index in [1.165, 1.54) is 0 Å². The highest BCUT2D eigenvalue weighted by Crippen LogP contribution is 1.93. The molecule has 4 heteroatoms. The predicted molar refractivity (Wildman–Crippen MR) is 24.3 cm³/mol. The van der Waals surface area contributed by atoms with E-state index in [1.807, 2.05) is 0 Å². The average molecular weight is 93.1 g/mol. The topological polar surface area (TPSA) is 61.9 Å². The van der Waals surface area contributed by atoms with Gasteiger partial charge in [-0.1, -0.05) is 0 Å².